The monoisotopic (exact) mass is 708 g/mol. The van der Waals surface area contributed by atoms with Crippen LogP contribution in [-0.4, -0.2) is 0 Å². The highest BCUT2D eigenvalue weighted by Crippen LogP contribution is 2.44. The second-order valence-electron chi connectivity index (χ2n) is 13.5. The molecule has 2 nitrogen and oxygen atoms in total. The van der Waals surface area contributed by atoms with E-state index in [0.717, 1.165) is 50.8 Å². The molecule has 0 N–H and O–H groups in total. The van der Waals surface area contributed by atoms with Crippen molar-refractivity contribution >= 4 is 72.5 Å². The van der Waals surface area contributed by atoms with Crippen molar-refractivity contribution in [2.24, 2.45) is 0 Å². The molecule has 0 atom stereocenters. The SMILES string of the molecule is C=Cc1c(C)cccc1N(c1ccc(-c2ccc(N(c3cccc4ccccc34)c3cccc4ccccc34)cc2)cc1)c1cccc2ccccc12.CC. The van der Waals surface area contributed by atoms with Gasteiger partial charge in [0.05, 0.1) is 22.7 Å². The molecule has 0 aromatic heterocycles. The van der Waals surface area contributed by atoms with Crippen LogP contribution in [-0.2, 0) is 0 Å². The second kappa shape index (κ2) is 15.6. The molecule has 0 aliphatic carbocycles. The molecule has 0 saturated carbocycles. The molecule has 0 bridgehead atoms. The molecule has 0 amide bonds. The average Bonchev–Trinajstić information content (AvgIpc) is 3.25. The third kappa shape index (κ3) is 6.64. The highest BCUT2D eigenvalue weighted by Gasteiger charge is 2.20. The van der Waals surface area contributed by atoms with Crippen molar-refractivity contribution in [2.45, 2.75) is 20.8 Å². The average molecular weight is 709 g/mol. The molecule has 9 aromatic rings. The first kappa shape index (κ1) is 35.1. The van der Waals surface area contributed by atoms with E-state index in [-0.39, 0.29) is 0 Å². The van der Waals surface area contributed by atoms with Crippen molar-refractivity contribution in [1.82, 2.24) is 0 Å². The molecule has 55 heavy (non-hydrogen) atoms. The fourth-order valence-corrected chi connectivity index (χ4v) is 7.76. The number of hydrogen-bond acceptors (Lipinski definition) is 2. The third-order valence-corrected chi connectivity index (χ3v) is 10.4. The molecule has 0 fully saturated rings. The maximum Gasteiger partial charge on any atom is 0.0540 e. The smallest absolute Gasteiger partial charge is 0.0540 e. The van der Waals surface area contributed by atoms with Gasteiger partial charge >= 0.3 is 0 Å². The van der Waals surface area contributed by atoms with Gasteiger partial charge in [-0.3, -0.25) is 0 Å². The first-order valence-corrected chi connectivity index (χ1v) is 19.1. The Morgan fingerprint density at radius 2 is 0.691 bits per heavy atom. The summed E-state index contributed by atoms with van der Waals surface area (Å²) in [4.78, 5) is 4.77. The number of rotatable bonds is 8. The Morgan fingerprint density at radius 3 is 1.09 bits per heavy atom. The summed E-state index contributed by atoms with van der Waals surface area (Å²) in [6, 6.07) is 69.9. The zero-order valence-electron chi connectivity index (χ0n) is 31.7. The zero-order valence-corrected chi connectivity index (χ0v) is 31.7. The van der Waals surface area contributed by atoms with Gasteiger partial charge in [-0.1, -0.05) is 172 Å². The molecular weight excluding hydrogens is 665 g/mol. The molecule has 0 aliphatic heterocycles. The molecule has 9 rings (SSSR count). The van der Waals surface area contributed by atoms with E-state index >= 15 is 0 Å². The van der Waals surface area contributed by atoms with Crippen LogP contribution >= 0.6 is 0 Å². The summed E-state index contributed by atoms with van der Waals surface area (Å²) < 4.78 is 0. The summed E-state index contributed by atoms with van der Waals surface area (Å²) in [5.41, 5.74) is 11.4. The second-order valence-corrected chi connectivity index (χ2v) is 13.5. The molecule has 0 spiro atoms. The molecule has 9 aromatic carbocycles. The Kier molecular flexibility index (Phi) is 9.97. The van der Waals surface area contributed by atoms with Gasteiger partial charge < -0.3 is 9.80 Å². The van der Waals surface area contributed by atoms with E-state index in [9.17, 15) is 0 Å². The van der Waals surface area contributed by atoms with E-state index in [1.807, 2.05) is 19.9 Å². The van der Waals surface area contributed by atoms with Gasteiger partial charge in [-0.15, -0.1) is 0 Å². The Morgan fingerprint density at radius 1 is 0.364 bits per heavy atom. The van der Waals surface area contributed by atoms with Gasteiger partial charge in [-0.2, -0.15) is 0 Å². The van der Waals surface area contributed by atoms with Gasteiger partial charge in [0.2, 0.25) is 0 Å². The summed E-state index contributed by atoms with van der Waals surface area (Å²) in [5, 5.41) is 7.28. The predicted molar refractivity (Wildman–Crippen MR) is 240 cm³/mol. The van der Waals surface area contributed by atoms with Crippen molar-refractivity contribution in [1.29, 1.82) is 0 Å². The number of benzene rings is 9. The van der Waals surface area contributed by atoms with E-state index in [1.165, 1.54) is 37.9 Å². The van der Waals surface area contributed by atoms with Gasteiger partial charge in [0.25, 0.3) is 0 Å². The fourth-order valence-electron chi connectivity index (χ4n) is 7.76. The van der Waals surface area contributed by atoms with Gasteiger partial charge in [-0.05, 0) is 88.3 Å². The van der Waals surface area contributed by atoms with Gasteiger partial charge in [0, 0.05) is 33.1 Å². The molecule has 0 aliphatic rings. The summed E-state index contributed by atoms with van der Waals surface area (Å²) >= 11 is 0. The minimum absolute atomic E-state index is 1.09. The van der Waals surface area contributed by atoms with Crippen LogP contribution < -0.4 is 9.80 Å². The van der Waals surface area contributed by atoms with Crippen molar-refractivity contribution in [3.8, 4) is 11.1 Å². The van der Waals surface area contributed by atoms with Crippen LogP contribution in [0.4, 0.5) is 34.1 Å². The lowest BCUT2D eigenvalue weighted by atomic mass is 10.0. The van der Waals surface area contributed by atoms with Crippen LogP contribution in [0.2, 0.25) is 0 Å². The van der Waals surface area contributed by atoms with E-state index in [0.29, 0.717) is 0 Å². The van der Waals surface area contributed by atoms with Gasteiger partial charge in [0.1, 0.15) is 0 Å². The number of fused-ring (bicyclic) bond motifs is 3. The van der Waals surface area contributed by atoms with Crippen molar-refractivity contribution in [3.63, 3.8) is 0 Å². The maximum atomic E-state index is 4.20. The lowest BCUT2D eigenvalue weighted by Crippen LogP contribution is -2.12. The lowest BCUT2D eigenvalue weighted by molar-refractivity contribution is 1.27. The Bertz CT molecular complexity index is 2670. The Balaban J connectivity index is 0.00000210. The number of aryl methyl sites for hydroxylation is 1. The van der Waals surface area contributed by atoms with Crippen molar-refractivity contribution < 1.29 is 0 Å². The van der Waals surface area contributed by atoms with E-state index < -0.39 is 0 Å². The minimum Gasteiger partial charge on any atom is -0.309 e. The molecule has 266 valence electrons. The highest BCUT2D eigenvalue weighted by atomic mass is 15.2. The highest BCUT2D eigenvalue weighted by molar-refractivity contribution is 6.05. The van der Waals surface area contributed by atoms with Crippen LogP contribution in [0.1, 0.15) is 25.0 Å². The molecule has 2 heteroatoms. The summed E-state index contributed by atoms with van der Waals surface area (Å²) in [7, 11) is 0. The first-order chi connectivity index (χ1) is 27.2. The van der Waals surface area contributed by atoms with Crippen LogP contribution in [0, 0.1) is 6.92 Å². The van der Waals surface area contributed by atoms with Crippen LogP contribution in [0.5, 0.6) is 0 Å². The quantitative estimate of drug-likeness (QED) is 0.155. The van der Waals surface area contributed by atoms with Gasteiger partial charge in [0.15, 0.2) is 0 Å². The fraction of sp³-hybridized carbons (Fsp3) is 0.0566. The van der Waals surface area contributed by atoms with E-state index in [2.05, 4.69) is 217 Å². The van der Waals surface area contributed by atoms with E-state index in [1.54, 1.807) is 0 Å². The largest absolute Gasteiger partial charge is 0.309 e. The van der Waals surface area contributed by atoms with Crippen molar-refractivity contribution in [3.05, 3.63) is 212 Å². The predicted octanol–water partition coefficient (Wildman–Crippen LogP) is 15.7. The number of anilines is 6. The molecule has 0 heterocycles. The Labute approximate surface area is 324 Å². The molecule has 0 radical (unpaired) electrons. The normalized spacial score (nSPS) is 10.9. The third-order valence-electron chi connectivity index (χ3n) is 10.4. The summed E-state index contributed by atoms with van der Waals surface area (Å²) in [6.45, 7) is 10.3. The molecular formula is C53H44N2. The molecule has 0 saturated heterocycles. The maximum absolute atomic E-state index is 4.20. The number of nitrogens with zero attached hydrogens (tertiary/aromatic N) is 2. The summed E-state index contributed by atoms with van der Waals surface area (Å²) in [6.07, 6.45) is 1.97. The van der Waals surface area contributed by atoms with Crippen LogP contribution in [0.3, 0.4) is 0 Å². The van der Waals surface area contributed by atoms with Crippen LogP contribution in [0.25, 0.3) is 49.5 Å². The first-order valence-electron chi connectivity index (χ1n) is 19.1. The Hall–Kier alpha value is -6.90. The summed E-state index contributed by atoms with van der Waals surface area (Å²) in [5.74, 6) is 0. The topological polar surface area (TPSA) is 6.48 Å². The lowest BCUT2D eigenvalue weighted by Gasteiger charge is -2.29. The zero-order chi connectivity index (χ0) is 37.7. The number of hydrogen-bond donors (Lipinski definition) is 0. The minimum atomic E-state index is 1.09. The molecule has 0 unspecified atom stereocenters. The van der Waals surface area contributed by atoms with Gasteiger partial charge in [-0.25, -0.2) is 0 Å². The van der Waals surface area contributed by atoms with Crippen molar-refractivity contribution in [2.75, 3.05) is 9.80 Å². The standard InChI is InChI=1S/C51H38N2.C2H6/c1-3-44-36(2)14-10-24-48(44)52(49-25-11-18-39-15-4-7-21-45(39)49)42-32-28-37(29-33-42)38-30-34-43(35-31-38)53(50-26-12-19-40-16-5-8-22-46(40)50)51-27-13-20-41-17-6-9-23-47(41)51;1-2/h3-35H,1H2,2H3;1-2H3. The van der Waals surface area contributed by atoms with Crippen LogP contribution in [0.15, 0.2) is 201 Å². The van der Waals surface area contributed by atoms with E-state index in [4.69, 9.17) is 0 Å².